The minimum atomic E-state index is 0. The van der Waals surface area contributed by atoms with Crippen molar-refractivity contribution in [2.75, 3.05) is 59.6 Å². The van der Waals surface area contributed by atoms with Gasteiger partial charge in [-0.3, -0.25) is 4.99 Å². The molecule has 0 aromatic heterocycles. The van der Waals surface area contributed by atoms with Gasteiger partial charge in [-0.2, -0.15) is 0 Å². The molecule has 0 bridgehead atoms. The lowest BCUT2D eigenvalue weighted by molar-refractivity contribution is 0.0690. The van der Waals surface area contributed by atoms with Crippen molar-refractivity contribution in [3.8, 4) is 11.5 Å². The van der Waals surface area contributed by atoms with Gasteiger partial charge in [0.1, 0.15) is 0 Å². The Morgan fingerprint density at radius 2 is 1.77 bits per heavy atom. The van der Waals surface area contributed by atoms with Gasteiger partial charge < -0.3 is 29.6 Å². The molecule has 0 atom stereocenters. The standard InChI is InChI=1S/C18H31N3O4.HI/c1-5-19-18(20-10-6-7-11-25-13-12-22-2)21-15-8-9-16(23-3)17(14-15)24-4;/h8-9,14H,5-7,10-13H2,1-4H3,(H2,19,20,21);1H. The van der Waals surface area contributed by atoms with E-state index < -0.39 is 0 Å². The molecular weight excluding hydrogens is 449 g/mol. The van der Waals surface area contributed by atoms with Gasteiger partial charge in [0, 0.05) is 38.6 Å². The Balaban J connectivity index is 0.00000625. The van der Waals surface area contributed by atoms with E-state index in [0.717, 1.165) is 44.2 Å². The number of ether oxygens (including phenoxy) is 4. The summed E-state index contributed by atoms with van der Waals surface area (Å²) in [6.45, 7) is 5.57. The first-order valence-corrected chi connectivity index (χ1v) is 8.59. The number of halogens is 1. The second kappa shape index (κ2) is 16.0. The lowest BCUT2D eigenvalue weighted by Gasteiger charge is -2.13. The first kappa shape index (κ1) is 24.7. The number of benzene rings is 1. The maximum atomic E-state index is 5.44. The topological polar surface area (TPSA) is 73.3 Å². The van der Waals surface area contributed by atoms with Crippen molar-refractivity contribution >= 4 is 35.6 Å². The number of nitrogens with zero attached hydrogens (tertiary/aromatic N) is 1. The van der Waals surface area contributed by atoms with Crippen LogP contribution in [0.5, 0.6) is 11.5 Å². The van der Waals surface area contributed by atoms with Gasteiger partial charge >= 0.3 is 0 Å². The molecule has 26 heavy (non-hydrogen) atoms. The van der Waals surface area contributed by atoms with Crippen LogP contribution in [0, 0.1) is 0 Å². The number of guanidine groups is 1. The van der Waals surface area contributed by atoms with Crippen LogP contribution < -0.4 is 20.1 Å². The van der Waals surface area contributed by atoms with Gasteiger partial charge in [-0.25, -0.2) is 0 Å². The number of hydrogen-bond donors (Lipinski definition) is 2. The minimum Gasteiger partial charge on any atom is -0.493 e. The van der Waals surface area contributed by atoms with Crippen LogP contribution in [-0.4, -0.2) is 60.2 Å². The van der Waals surface area contributed by atoms with Crippen molar-refractivity contribution in [1.29, 1.82) is 0 Å². The third-order valence-corrected chi connectivity index (χ3v) is 3.39. The predicted molar refractivity (Wildman–Crippen MR) is 116 cm³/mol. The molecule has 0 saturated carbocycles. The zero-order valence-electron chi connectivity index (χ0n) is 16.2. The van der Waals surface area contributed by atoms with E-state index in [-0.39, 0.29) is 24.0 Å². The lowest BCUT2D eigenvalue weighted by Crippen LogP contribution is -2.30. The molecule has 1 aromatic carbocycles. The summed E-state index contributed by atoms with van der Waals surface area (Å²) in [5, 5.41) is 6.52. The lowest BCUT2D eigenvalue weighted by atomic mass is 10.2. The fourth-order valence-corrected chi connectivity index (χ4v) is 2.11. The molecule has 2 N–H and O–H groups in total. The van der Waals surface area contributed by atoms with E-state index in [0.29, 0.717) is 24.7 Å². The van der Waals surface area contributed by atoms with E-state index in [2.05, 4.69) is 15.6 Å². The maximum Gasteiger partial charge on any atom is 0.195 e. The van der Waals surface area contributed by atoms with Gasteiger partial charge in [-0.1, -0.05) is 0 Å². The second-order valence-electron chi connectivity index (χ2n) is 5.27. The largest absolute Gasteiger partial charge is 0.493 e. The van der Waals surface area contributed by atoms with E-state index >= 15 is 0 Å². The van der Waals surface area contributed by atoms with Crippen molar-refractivity contribution in [2.45, 2.75) is 19.8 Å². The van der Waals surface area contributed by atoms with E-state index in [9.17, 15) is 0 Å². The third-order valence-electron chi connectivity index (χ3n) is 3.39. The molecule has 0 aliphatic heterocycles. The van der Waals surface area contributed by atoms with Gasteiger partial charge in [0.05, 0.1) is 27.4 Å². The Hall–Kier alpha value is -1.26. The molecule has 0 fully saturated rings. The fourth-order valence-electron chi connectivity index (χ4n) is 2.11. The summed E-state index contributed by atoms with van der Waals surface area (Å²) in [7, 11) is 4.91. The van der Waals surface area contributed by atoms with E-state index in [4.69, 9.17) is 18.9 Å². The number of anilines is 1. The highest BCUT2D eigenvalue weighted by molar-refractivity contribution is 14.0. The highest BCUT2D eigenvalue weighted by Crippen LogP contribution is 2.29. The molecule has 0 heterocycles. The third kappa shape index (κ3) is 10.0. The number of hydrogen-bond acceptors (Lipinski definition) is 5. The average molecular weight is 481 g/mol. The van der Waals surface area contributed by atoms with Crippen molar-refractivity contribution < 1.29 is 18.9 Å². The first-order valence-electron chi connectivity index (χ1n) is 8.59. The first-order chi connectivity index (χ1) is 12.2. The van der Waals surface area contributed by atoms with Gasteiger partial charge in [-0.05, 0) is 31.9 Å². The molecule has 1 aromatic rings. The number of aliphatic imine (C=N–C) groups is 1. The van der Waals surface area contributed by atoms with Crippen LogP contribution in [0.1, 0.15) is 19.8 Å². The van der Waals surface area contributed by atoms with Crippen LogP contribution in [0.2, 0.25) is 0 Å². The summed E-state index contributed by atoms with van der Waals surface area (Å²) >= 11 is 0. The minimum absolute atomic E-state index is 0. The number of methoxy groups -OCH3 is 3. The van der Waals surface area contributed by atoms with Crippen LogP contribution in [0.25, 0.3) is 0 Å². The van der Waals surface area contributed by atoms with Crippen LogP contribution in [0.3, 0.4) is 0 Å². The molecule has 0 radical (unpaired) electrons. The van der Waals surface area contributed by atoms with Gasteiger partial charge in [0.25, 0.3) is 0 Å². The Bertz CT molecular complexity index is 515. The summed E-state index contributed by atoms with van der Waals surface area (Å²) in [5.74, 6) is 2.12. The highest BCUT2D eigenvalue weighted by Gasteiger charge is 2.06. The van der Waals surface area contributed by atoms with Crippen molar-refractivity contribution in [3.63, 3.8) is 0 Å². The number of unbranched alkanes of at least 4 members (excludes halogenated alkanes) is 1. The van der Waals surface area contributed by atoms with E-state index in [1.165, 1.54) is 0 Å². The van der Waals surface area contributed by atoms with Crippen molar-refractivity contribution in [3.05, 3.63) is 18.2 Å². The Morgan fingerprint density at radius 3 is 2.42 bits per heavy atom. The molecule has 0 saturated heterocycles. The van der Waals surface area contributed by atoms with Crippen LogP contribution in [-0.2, 0) is 9.47 Å². The van der Waals surface area contributed by atoms with Gasteiger partial charge in [0.15, 0.2) is 17.5 Å². The molecule has 150 valence electrons. The molecule has 8 heteroatoms. The number of rotatable bonds is 12. The molecule has 7 nitrogen and oxygen atoms in total. The van der Waals surface area contributed by atoms with Crippen LogP contribution in [0.15, 0.2) is 23.2 Å². The zero-order valence-corrected chi connectivity index (χ0v) is 18.5. The quantitative estimate of drug-likeness (QED) is 0.207. The van der Waals surface area contributed by atoms with Crippen molar-refractivity contribution in [2.24, 2.45) is 4.99 Å². The highest BCUT2D eigenvalue weighted by atomic mass is 127. The molecule has 0 spiro atoms. The fraction of sp³-hybridized carbons (Fsp3) is 0.611. The Labute approximate surface area is 173 Å². The predicted octanol–water partition coefficient (Wildman–Crippen LogP) is 3.14. The number of nitrogens with one attached hydrogen (secondary N) is 2. The van der Waals surface area contributed by atoms with Crippen LogP contribution >= 0.6 is 24.0 Å². The van der Waals surface area contributed by atoms with E-state index in [1.54, 1.807) is 21.3 Å². The summed E-state index contributed by atoms with van der Waals surface area (Å²) < 4.78 is 21.0. The molecule has 0 unspecified atom stereocenters. The summed E-state index contributed by atoms with van der Waals surface area (Å²) in [6, 6.07) is 5.68. The van der Waals surface area contributed by atoms with Crippen molar-refractivity contribution in [1.82, 2.24) is 5.32 Å². The summed E-state index contributed by atoms with van der Waals surface area (Å²) in [6.07, 6.45) is 1.94. The molecular formula is C18H32IN3O4. The molecule has 0 aliphatic carbocycles. The molecule has 0 aliphatic rings. The Kier molecular flexibility index (Phi) is 15.2. The molecule has 1 rings (SSSR count). The van der Waals surface area contributed by atoms with Gasteiger partial charge in [-0.15, -0.1) is 24.0 Å². The second-order valence-corrected chi connectivity index (χ2v) is 5.27. The average Bonchev–Trinajstić information content (AvgIpc) is 2.63. The smallest absolute Gasteiger partial charge is 0.195 e. The monoisotopic (exact) mass is 481 g/mol. The summed E-state index contributed by atoms with van der Waals surface area (Å²) in [5.41, 5.74) is 0.889. The van der Waals surface area contributed by atoms with Gasteiger partial charge in [0.2, 0.25) is 0 Å². The van der Waals surface area contributed by atoms with E-state index in [1.807, 2.05) is 25.1 Å². The molecule has 0 amide bonds. The summed E-state index contributed by atoms with van der Waals surface area (Å²) in [4.78, 5) is 4.58. The maximum absolute atomic E-state index is 5.44. The SMILES string of the molecule is CCNC(=NCCCCOCCOC)Nc1ccc(OC)c(OC)c1.I. The normalized spacial score (nSPS) is 10.8. The Morgan fingerprint density at radius 1 is 1.00 bits per heavy atom. The zero-order chi connectivity index (χ0) is 18.3. The van der Waals surface area contributed by atoms with Crippen LogP contribution in [0.4, 0.5) is 5.69 Å².